The highest BCUT2D eigenvalue weighted by molar-refractivity contribution is 5.50. The van der Waals surface area contributed by atoms with Gasteiger partial charge in [0, 0.05) is 6.07 Å². The maximum absolute atomic E-state index is 14.0. The van der Waals surface area contributed by atoms with Gasteiger partial charge < -0.3 is 9.47 Å². The second kappa shape index (κ2) is 5.20. The molecule has 0 aliphatic heterocycles. The van der Waals surface area contributed by atoms with Crippen LogP contribution in [0.4, 0.5) is 10.1 Å². The SMILES string of the molecule is COc1ccc([N+](=O)[O-])c(F)c1OC1CCCC1. The van der Waals surface area contributed by atoms with E-state index in [1.807, 2.05) is 0 Å². The van der Waals surface area contributed by atoms with E-state index in [9.17, 15) is 14.5 Å². The molecule has 0 spiro atoms. The number of rotatable bonds is 4. The van der Waals surface area contributed by atoms with Crippen LogP contribution in [0.3, 0.4) is 0 Å². The first-order valence-corrected chi connectivity index (χ1v) is 5.81. The van der Waals surface area contributed by atoms with Gasteiger partial charge in [0.25, 0.3) is 0 Å². The van der Waals surface area contributed by atoms with E-state index < -0.39 is 16.4 Å². The molecule has 0 atom stereocenters. The molecule has 6 heteroatoms. The first-order chi connectivity index (χ1) is 8.63. The fourth-order valence-corrected chi connectivity index (χ4v) is 2.11. The summed E-state index contributed by atoms with van der Waals surface area (Å²) in [4.78, 5) is 9.91. The number of halogens is 1. The second-order valence-corrected chi connectivity index (χ2v) is 4.21. The number of nitro benzene ring substituents is 1. The van der Waals surface area contributed by atoms with Gasteiger partial charge in [-0.15, -0.1) is 0 Å². The number of hydrogen-bond acceptors (Lipinski definition) is 4. The third kappa shape index (κ3) is 2.37. The highest BCUT2D eigenvalue weighted by Gasteiger charge is 2.26. The van der Waals surface area contributed by atoms with Gasteiger partial charge in [-0.25, -0.2) is 0 Å². The quantitative estimate of drug-likeness (QED) is 0.612. The summed E-state index contributed by atoms with van der Waals surface area (Å²) in [6.45, 7) is 0. The zero-order valence-corrected chi connectivity index (χ0v) is 10.0. The van der Waals surface area contributed by atoms with Gasteiger partial charge in [0.1, 0.15) is 0 Å². The molecule has 1 aliphatic carbocycles. The largest absolute Gasteiger partial charge is 0.493 e. The Morgan fingerprint density at radius 3 is 2.61 bits per heavy atom. The number of nitrogens with zero attached hydrogens (tertiary/aromatic N) is 1. The molecule has 0 N–H and O–H groups in total. The van der Waals surface area contributed by atoms with Crippen LogP contribution < -0.4 is 9.47 Å². The average Bonchev–Trinajstić information content (AvgIpc) is 2.84. The molecular formula is C12H14FNO4. The van der Waals surface area contributed by atoms with E-state index in [1.165, 1.54) is 13.2 Å². The number of ether oxygens (including phenoxy) is 2. The number of hydrogen-bond donors (Lipinski definition) is 0. The Bertz CT molecular complexity index is 458. The van der Waals surface area contributed by atoms with Gasteiger partial charge in [-0.1, -0.05) is 0 Å². The van der Waals surface area contributed by atoms with E-state index in [-0.39, 0.29) is 17.6 Å². The third-order valence-corrected chi connectivity index (χ3v) is 3.04. The Labute approximate surface area is 104 Å². The van der Waals surface area contributed by atoms with Crippen molar-refractivity contribution in [2.75, 3.05) is 7.11 Å². The van der Waals surface area contributed by atoms with Crippen LogP contribution in [0.1, 0.15) is 25.7 Å². The predicted molar refractivity (Wildman–Crippen MR) is 62.5 cm³/mol. The molecule has 0 amide bonds. The Morgan fingerprint density at radius 2 is 2.06 bits per heavy atom. The van der Waals surface area contributed by atoms with Crippen LogP contribution in [0.2, 0.25) is 0 Å². The van der Waals surface area contributed by atoms with Crippen molar-refractivity contribution in [2.24, 2.45) is 0 Å². The number of nitro groups is 1. The number of methoxy groups -OCH3 is 1. The summed E-state index contributed by atoms with van der Waals surface area (Å²) in [6.07, 6.45) is 3.65. The topological polar surface area (TPSA) is 61.6 Å². The first-order valence-electron chi connectivity index (χ1n) is 5.81. The minimum Gasteiger partial charge on any atom is -0.493 e. The van der Waals surface area contributed by atoms with Crippen LogP contribution in [0.5, 0.6) is 11.5 Å². The fraction of sp³-hybridized carbons (Fsp3) is 0.500. The van der Waals surface area contributed by atoms with Crippen LogP contribution in [-0.4, -0.2) is 18.1 Å². The molecule has 1 aromatic carbocycles. The van der Waals surface area contributed by atoms with E-state index in [2.05, 4.69) is 0 Å². The van der Waals surface area contributed by atoms with Crippen LogP contribution in [0.25, 0.3) is 0 Å². The smallest absolute Gasteiger partial charge is 0.308 e. The van der Waals surface area contributed by atoms with Gasteiger partial charge in [-0.3, -0.25) is 10.1 Å². The molecule has 0 unspecified atom stereocenters. The van der Waals surface area contributed by atoms with Crippen LogP contribution in [-0.2, 0) is 0 Å². The summed E-state index contributed by atoms with van der Waals surface area (Å²) >= 11 is 0. The molecule has 0 bridgehead atoms. The maximum Gasteiger partial charge on any atom is 0.308 e. The van der Waals surface area contributed by atoms with Crippen LogP contribution in [0, 0.1) is 15.9 Å². The molecule has 98 valence electrons. The summed E-state index contributed by atoms with van der Waals surface area (Å²) in [5.74, 6) is -0.935. The van der Waals surface area contributed by atoms with Gasteiger partial charge in [0.15, 0.2) is 5.75 Å². The molecule has 18 heavy (non-hydrogen) atoms. The first kappa shape index (κ1) is 12.6. The normalized spacial score (nSPS) is 15.7. The standard InChI is InChI=1S/C12H14FNO4/c1-17-10-7-6-9(14(15)16)11(13)12(10)18-8-4-2-3-5-8/h6-8H,2-5H2,1H3. The summed E-state index contributed by atoms with van der Waals surface area (Å²) in [7, 11) is 1.38. The molecule has 1 saturated carbocycles. The lowest BCUT2D eigenvalue weighted by Gasteiger charge is -2.16. The lowest BCUT2D eigenvalue weighted by molar-refractivity contribution is -0.387. The van der Waals surface area contributed by atoms with E-state index in [0.29, 0.717) is 0 Å². The maximum atomic E-state index is 14.0. The molecule has 0 saturated heterocycles. The molecule has 1 aliphatic rings. The minimum absolute atomic E-state index is 0.0876. The third-order valence-electron chi connectivity index (χ3n) is 3.04. The van der Waals surface area contributed by atoms with Gasteiger partial charge >= 0.3 is 5.69 Å². The van der Waals surface area contributed by atoms with Gasteiger partial charge in [0.2, 0.25) is 11.6 Å². The van der Waals surface area contributed by atoms with Crippen molar-refractivity contribution in [2.45, 2.75) is 31.8 Å². The van der Waals surface area contributed by atoms with Crippen molar-refractivity contribution < 1.29 is 18.8 Å². The Kier molecular flexibility index (Phi) is 3.64. The Hall–Kier alpha value is -1.85. The second-order valence-electron chi connectivity index (χ2n) is 4.21. The summed E-state index contributed by atoms with van der Waals surface area (Å²) in [5, 5.41) is 10.7. The lowest BCUT2D eigenvalue weighted by Crippen LogP contribution is -2.13. The average molecular weight is 255 g/mol. The summed E-state index contributed by atoms with van der Waals surface area (Å²) in [6, 6.07) is 2.43. The molecule has 0 radical (unpaired) electrons. The Balaban J connectivity index is 2.34. The molecule has 5 nitrogen and oxygen atoms in total. The van der Waals surface area contributed by atoms with Crippen LogP contribution >= 0.6 is 0 Å². The highest BCUT2D eigenvalue weighted by atomic mass is 19.1. The van der Waals surface area contributed by atoms with E-state index in [1.54, 1.807) is 0 Å². The van der Waals surface area contributed by atoms with Crippen molar-refractivity contribution in [1.29, 1.82) is 0 Å². The minimum atomic E-state index is -0.966. The molecule has 1 aromatic rings. The van der Waals surface area contributed by atoms with Gasteiger partial charge in [-0.05, 0) is 31.7 Å². The van der Waals surface area contributed by atoms with Gasteiger partial charge in [0.05, 0.1) is 18.1 Å². The molecular weight excluding hydrogens is 241 g/mol. The van der Waals surface area contributed by atoms with E-state index in [0.717, 1.165) is 31.7 Å². The van der Waals surface area contributed by atoms with Crippen LogP contribution in [0.15, 0.2) is 12.1 Å². The van der Waals surface area contributed by atoms with Crippen molar-refractivity contribution in [3.63, 3.8) is 0 Å². The Morgan fingerprint density at radius 1 is 1.39 bits per heavy atom. The predicted octanol–water partition coefficient (Wildman–Crippen LogP) is 3.06. The fourth-order valence-electron chi connectivity index (χ4n) is 2.11. The zero-order chi connectivity index (χ0) is 13.1. The van der Waals surface area contributed by atoms with Gasteiger partial charge in [-0.2, -0.15) is 4.39 Å². The van der Waals surface area contributed by atoms with Crippen molar-refractivity contribution in [1.82, 2.24) is 0 Å². The highest BCUT2D eigenvalue weighted by Crippen LogP contribution is 2.38. The molecule has 2 rings (SSSR count). The molecule has 0 aromatic heterocycles. The van der Waals surface area contributed by atoms with E-state index >= 15 is 0 Å². The van der Waals surface area contributed by atoms with Crippen molar-refractivity contribution in [3.8, 4) is 11.5 Å². The summed E-state index contributed by atoms with van der Waals surface area (Å²) in [5.41, 5.74) is -0.594. The lowest BCUT2D eigenvalue weighted by atomic mass is 10.2. The van der Waals surface area contributed by atoms with Crippen molar-refractivity contribution >= 4 is 5.69 Å². The molecule has 1 fully saturated rings. The monoisotopic (exact) mass is 255 g/mol. The number of benzene rings is 1. The summed E-state index contributed by atoms with van der Waals surface area (Å²) < 4.78 is 24.5. The van der Waals surface area contributed by atoms with Crippen molar-refractivity contribution in [3.05, 3.63) is 28.1 Å². The zero-order valence-electron chi connectivity index (χ0n) is 10.0. The van der Waals surface area contributed by atoms with E-state index in [4.69, 9.17) is 9.47 Å². The molecule has 0 heterocycles.